The average molecular weight is 430 g/mol. The van der Waals surface area contributed by atoms with Gasteiger partial charge in [-0.3, -0.25) is 4.79 Å². The van der Waals surface area contributed by atoms with Gasteiger partial charge in [-0.05, 0) is 19.1 Å². The first kappa shape index (κ1) is 20.6. The van der Waals surface area contributed by atoms with Gasteiger partial charge in [-0.1, -0.05) is 11.6 Å². The summed E-state index contributed by atoms with van der Waals surface area (Å²) in [5.74, 6) is -0.878. The van der Waals surface area contributed by atoms with Gasteiger partial charge in [0.2, 0.25) is 11.7 Å². The number of sulfone groups is 1. The summed E-state index contributed by atoms with van der Waals surface area (Å²) in [7, 11) is -3.66. The van der Waals surface area contributed by atoms with Crippen molar-refractivity contribution >= 4 is 32.9 Å². The molecule has 28 heavy (non-hydrogen) atoms. The van der Waals surface area contributed by atoms with Crippen LogP contribution in [0.15, 0.2) is 23.2 Å². The molecule has 2 aromatic rings. The number of aromatic nitrogens is 2. The van der Waals surface area contributed by atoms with Crippen LogP contribution < -0.4 is 4.90 Å². The van der Waals surface area contributed by atoms with E-state index in [4.69, 9.17) is 16.3 Å². The summed E-state index contributed by atoms with van der Waals surface area (Å²) in [5, 5.41) is 23.8. The van der Waals surface area contributed by atoms with Gasteiger partial charge >= 0.3 is 0 Å². The molecular formula is C17H20ClN3O6S. The minimum Gasteiger partial charge on any atom is -0.493 e. The zero-order valence-corrected chi connectivity index (χ0v) is 16.9. The Hall–Kier alpha value is -2.14. The summed E-state index contributed by atoms with van der Waals surface area (Å²) in [5.41, 5.74) is 0.111. The number of aryl methyl sites for hydroxylation is 1. The summed E-state index contributed by atoms with van der Waals surface area (Å²) in [6.07, 6.45) is 1.17. The van der Waals surface area contributed by atoms with E-state index in [9.17, 15) is 23.4 Å². The monoisotopic (exact) mass is 429 g/mol. The molecule has 1 fully saturated rings. The summed E-state index contributed by atoms with van der Waals surface area (Å²) in [6, 6.07) is 2.61. The molecule has 1 unspecified atom stereocenters. The lowest BCUT2D eigenvalue weighted by molar-refractivity contribution is -0.104. The average Bonchev–Trinajstić information content (AvgIpc) is 3.00. The van der Waals surface area contributed by atoms with E-state index in [1.54, 1.807) is 11.8 Å². The molecule has 1 aliphatic rings. The molecule has 1 saturated heterocycles. The van der Waals surface area contributed by atoms with Gasteiger partial charge in [0.25, 0.3) is 0 Å². The van der Waals surface area contributed by atoms with E-state index >= 15 is 0 Å². The van der Waals surface area contributed by atoms with Crippen molar-refractivity contribution in [2.45, 2.75) is 24.7 Å². The number of ketones is 1. The van der Waals surface area contributed by atoms with Crippen molar-refractivity contribution < 1.29 is 28.2 Å². The SMILES string of the molecule is CCn1ncc(C(=O)c2ccc(S(C)(=O)=O)c(N3CCOC(O)C3)c2Cl)c1O. The number of β-amino-alcohol motifs (C(OH)–C–C–N with tert-alkyl or cyclic N) is 1. The van der Waals surface area contributed by atoms with Crippen LogP contribution in [0.3, 0.4) is 0 Å². The van der Waals surface area contributed by atoms with Gasteiger partial charge < -0.3 is 19.8 Å². The predicted molar refractivity (Wildman–Crippen MR) is 102 cm³/mol. The maximum Gasteiger partial charge on any atom is 0.220 e. The number of aliphatic hydroxyl groups excluding tert-OH is 1. The molecule has 2 heterocycles. The lowest BCUT2D eigenvalue weighted by Gasteiger charge is -2.34. The fraction of sp³-hybridized carbons (Fsp3) is 0.412. The quantitative estimate of drug-likeness (QED) is 0.676. The lowest BCUT2D eigenvalue weighted by atomic mass is 10.0. The standard InChI is InChI=1S/C17H20ClN3O6S/c1-3-21-17(24)11(8-19-21)16(23)10-4-5-12(28(2,25)26)15(14(10)18)20-6-7-27-13(22)9-20/h4-5,8,13,22,24H,3,6-7,9H2,1-2H3. The van der Waals surface area contributed by atoms with Crippen LogP contribution in [-0.2, 0) is 21.1 Å². The first-order valence-electron chi connectivity index (χ1n) is 8.51. The van der Waals surface area contributed by atoms with Crippen LogP contribution >= 0.6 is 11.6 Å². The summed E-state index contributed by atoms with van der Waals surface area (Å²) in [6.45, 7) is 2.59. The number of hydrogen-bond donors (Lipinski definition) is 2. The molecule has 1 atom stereocenters. The Labute approximate surface area is 167 Å². The third-order valence-electron chi connectivity index (χ3n) is 4.44. The Bertz CT molecular complexity index is 1020. The van der Waals surface area contributed by atoms with Crippen molar-refractivity contribution in [2.24, 2.45) is 0 Å². The highest BCUT2D eigenvalue weighted by Gasteiger charge is 2.30. The van der Waals surface area contributed by atoms with E-state index in [1.807, 2.05) is 0 Å². The minimum absolute atomic E-state index is 0.00109. The molecule has 0 bridgehead atoms. The molecule has 1 aliphatic heterocycles. The molecule has 11 heteroatoms. The molecule has 0 radical (unpaired) electrons. The molecule has 1 aromatic heterocycles. The molecule has 1 aromatic carbocycles. The van der Waals surface area contributed by atoms with Crippen molar-refractivity contribution in [1.29, 1.82) is 0 Å². The van der Waals surface area contributed by atoms with Crippen molar-refractivity contribution in [3.63, 3.8) is 0 Å². The molecule has 0 amide bonds. The van der Waals surface area contributed by atoms with Crippen LogP contribution in [0.2, 0.25) is 5.02 Å². The van der Waals surface area contributed by atoms with Crippen LogP contribution in [0, 0.1) is 0 Å². The van der Waals surface area contributed by atoms with E-state index in [-0.39, 0.29) is 52.3 Å². The number of ether oxygens (including phenoxy) is 1. The Morgan fingerprint density at radius 2 is 2.11 bits per heavy atom. The number of rotatable bonds is 5. The molecule has 2 N–H and O–H groups in total. The Balaban J connectivity index is 2.15. The second-order valence-electron chi connectivity index (χ2n) is 6.34. The van der Waals surface area contributed by atoms with E-state index in [0.717, 1.165) is 6.26 Å². The number of halogens is 1. The largest absolute Gasteiger partial charge is 0.493 e. The molecule has 0 aliphatic carbocycles. The lowest BCUT2D eigenvalue weighted by Crippen LogP contribution is -2.43. The summed E-state index contributed by atoms with van der Waals surface area (Å²) >= 11 is 6.48. The van der Waals surface area contributed by atoms with Gasteiger partial charge in [-0.25, -0.2) is 13.1 Å². The Kier molecular flexibility index (Phi) is 5.67. The summed E-state index contributed by atoms with van der Waals surface area (Å²) in [4.78, 5) is 14.4. The van der Waals surface area contributed by atoms with E-state index in [0.29, 0.717) is 6.54 Å². The highest BCUT2D eigenvalue weighted by atomic mass is 35.5. The number of hydrogen-bond acceptors (Lipinski definition) is 8. The molecular weight excluding hydrogens is 410 g/mol. The van der Waals surface area contributed by atoms with Gasteiger partial charge in [0.05, 0.1) is 35.0 Å². The number of nitrogens with zero attached hydrogens (tertiary/aromatic N) is 3. The molecule has 0 saturated carbocycles. The van der Waals surface area contributed by atoms with Gasteiger partial charge in [-0.15, -0.1) is 0 Å². The maximum atomic E-state index is 12.9. The smallest absolute Gasteiger partial charge is 0.220 e. The van der Waals surface area contributed by atoms with E-state index in [2.05, 4.69) is 5.10 Å². The third-order valence-corrected chi connectivity index (χ3v) is 5.95. The second-order valence-corrected chi connectivity index (χ2v) is 8.71. The first-order valence-corrected chi connectivity index (χ1v) is 10.8. The van der Waals surface area contributed by atoms with Gasteiger partial charge in [0.15, 0.2) is 16.1 Å². The highest BCUT2D eigenvalue weighted by Crippen LogP contribution is 2.38. The number of carbonyl (C=O) groups is 1. The molecule has 3 rings (SSSR count). The fourth-order valence-corrected chi connectivity index (χ4v) is 4.39. The number of carbonyl (C=O) groups excluding carboxylic acids is 1. The molecule has 0 spiro atoms. The third kappa shape index (κ3) is 3.72. The van der Waals surface area contributed by atoms with Crippen LogP contribution in [0.1, 0.15) is 22.8 Å². The second kappa shape index (κ2) is 7.70. The van der Waals surface area contributed by atoms with Gasteiger partial charge in [0.1, 0.15) is 5.56 Å². The molecule has 9 nitrogen and oxygen atoms in total. The minimum atomic E-state index is -3.66. The fourth-order valence-electron chi connectivity index (χ4n) is 3.07. The van der Waals surface area contributed by atoms with Crippen molar-refractivity contribution in [2.75, 3.05) is 30.9 Å². The van der Waals surface area contributed by atoms with Crippen LogP contribution in [0.5, 0.6) is 5.88 Å². The zero-order chi connectivity index (χ0) is 20.6. The van der Waals surface area contributed by atoms with E-state index in [1.165, 1.54) is 23.0 Å². The topological polar surface area (TPSA) is 122 Å². The molecule has 152 valence electrons. The van der Waals surface area contributed by atoms with Crippen molar-refractivity contribution in [3.05, 3.63) is 34.5 Å². The number of aliphatic hydroxyl groups is 1. The van der Waals surface area contributed by atoms with Gasteiger partial charge in [0, 0.05) is 24.9 Å². The Morgan fingerprint density at radius 3 is 2.68 bits per heavy atom. The van der Waals surface area contributed by atoms with Gasteiger partial charge in [-0.2, -0.15) is 5.10 Å². The van der Waals surface area contributed by atoms with E-state index < -0.39 is 21.9 Å². The normalized spacial score (nSPS) is 17.7. The summed E-state index contributed by atoms with van der Waals surface area (Å²) < 4.78 is 30.9. The maximum absolute atomic E-state index is 12.9. The number of benzene rings is 1. The number of anilines is 1. The first-order chi connectivity index (χ1) is 13.1. The van der Waals surface area contributed by atoms with Crippen molar-refractivity contribution in [1.82, 2.24) is 9.78 Å². The van der Waals surface area contributed by atoms with Crippen LogP contribution in [0.25, 0.3) is 0 Å². The van der Waals surface area contributed by atoms with Crippen molar-refractivity contribution in [3.8, 4) is 5.88 Å². The Morgan fingerprint density at radius 1 is 1.39 bits per heavy atom. The number of aromatic hydroxyl groups is 1. The highest BCUT2D eigenvalue weighted by molar-refractivity contribution is 7.90. The van der Waals surface area contributed by atoms with Crippen LogP contribution in [-0.4, -0.2) is 66.4 Å². The zero-order valence-electron chi connectivity index (χ0n) is 15.3. The van der Waals surface area contributed by atoms with Crippen LogP contribution in [0.4, 0.5) is 5.69 Å². The predicted octanol–water partition coefficient (Wildman–Crippen LogP) is 1.05. The number of morpholine rings is 1.